The Labute approximate surface area is 112 Å². The first-order valence-corrected chi connectivity index (χ1v) is 6.86. The molecule has 2 heterocycles. The predicted molar refractivity (Wildman–Crippen MR) is 72.4 cm³/mol. The number of ether oxygens (including phenoxy) is 1. The topological polar surface area (TPSA) is 73.4 Å². The first kappa shape index (κ1) is 12.6. The summed E-state index contributed by atoms with van der Waals surface area (Å²) in [6.45, 7) is 3.78. The molecule has 2 fully saturated rings. The van der Waals surface area contributed by atoms with Crippen LogP contribution in [0.3, 0.4) is 0 Å². The van der Waals surface area contributed by atoms with Gasteiger partial charge >= 0.3 is 0 Å². The molecule has 0 spiro atoms. The lowest BCUT2D eigenvalue weighted by atomic mass is 10.2. The molecule has 1 aromatic heterocycles. The van der Waals surface area contributed by atoms with Crippen LogP contribution in [0.25, 0.3) is 0 Å². The van der Waals surface area contributed by atoms with Crippen molar-refractivity contribution in [2.24, 2.45) is 5.73 Å². The molecule has 1 aliphatic heterocycles. The summed E-state index contributed by atoms with van der Waals surface area (Å²) in [4.78, 5) is 18.7. The van der Waals surface area contributed by atoms with Gasteiger partial charge in [-0.2, -0.15) is 0 Å². The fraction of sp³-hybridized carbons (Fsp3) is 0.692. The van der Waals surface area contributed by atoms with E-state index in [4.69, 9.17) is 10.5 Å². The van der Waals surface area contributed by atoms with Crippen molar-refractivity contribution in [3.8, 4) is 0 Å². The second-order valence-corrected chi connectivity index (χ2v) is 5.40. The van der Waals surface area contributed by atoms with Crippen molar-refractivity contribution < 1.29 is 4.74 Å². The lowest BCUT2D eigenvalue weighted by Crippen LogP contribution is -2.51. The standard InChI is InChI=1S/C13H20N4O2/c1-9-7-16(8-11(6-14)19-9)12-13(18)17(5-4-15-12)10-2-3-10/h4-5,9-11H,2-3,6-8,14H2,1H3. The van der Waals surface area contributed by atoms with E-state index in [1.165, 1.54) is 0 Å². The summed E-state index contributed by atoms with van der Waals surface area (Å²) in [5.41, 5.74) is 5.69. The van der Waals surface area contributed by atoms with E-state index >= 15 is 0 Å². The van der Waals surface area contributed by atoms with Crippen molar-refractivity contribution in [1.82, 2.24) is 9.55 Å². The summed E-state index contributed by atoms with van der Waals surface area (Å²) in [7, 11) is 0. The van der Waals surface area contributed by atoms with Gasteiger partial charge in [-0.25, -0.2) is 4.98 Å². The van der Waals surface area contributed by atoms with Crippen molar-refractivity contribution in [1.29, 1.82) is 0 Å². The van der Waals surface area contributed by atoms with E-state index in [9.17, 15) is 4.79 Å². The van der Waals surface area contributed by atoms with Gasteiger partial charge in [0, 0.05) is 38.1 Å². The van der Waals surface area contributed by atoms with Crippen LogP contribution in [-0.2, 0) is 4.74 Å². The summed E-state index contributed by atoms with van der Waals surface area (Å²) in [6.07, 6.45) is 5.72. The van der Waals surface area contributed by atoms with E-state index in [0.717, 1.165) is 12.8 Å². The van der Waals surface area contributed by atoms with Gasteiger partial charge < -0.3 is 19.9 Å². The fourth-order valence-electron chi connectivity index (χ4n) is 2.62. The van der Waals surface area contributed by atoms with Crippen molar-refractivity contribution >= 4 is 5.82 Å². The lowest BCUT2D eigenvalue weighted by molar-refractivity contribution is -0.0108. The van der Waals surface area contributed by atoms with E-state index in [2.05, 4.69) is 4.98 Å². The maximum absolute atomic E-state index is 12.4. The lowest BCUT2D eigenvalue weighted by Gasteiger charge is -2.36. The smallest absolute Gasteiger partial charge is 0.293 e. The third-order valence-electron chi connectivity index (χ3n) is 3.68. The second kappa shape index (κ2) is 4.94. The highest BCUT2D eigenvalue weighted by Crippen LogP contribution is 2.33. The summed E-state index contributed by atoms with van der Waals surface area (Å²) in [5.74, 6) is 0.531. The Kier molecular flexibility index (Phi) is 3.28. The minimum atomic E-state index is -0.0282. The molecule has 2 unspecified atom stereocenters. The highest BCUT2D eigenvalue weighted by Gasteiger charge is 2.29. The maximum Gasteiger partial charge on any atom is 0.293 e. The zero-order valence-electron chi connectivity index (χ0n) is 11.2. The first-order valence-electron chi connectivity index (χ1n) is 6.86. The molecule has 19 heavy (non-hydrogen) atoms. The number of morpholine rings is 1. The SMILES string of the molecule is CC1CN(c2nccn(C3CC3)c2=O)CC(CN)O1. The number of nitrogens with zero attached hydrogens (tertiary/aromatic N) is 3. The zero-order valence-corrected chi connectivity index (χ0v) is 11.2. The summed E-state index contributed by atoms with van der Waals surface area (Å²) in [5, 5.41) is 0. The van der Waals surface area contributed by atoms with Gasteiger partial charge in [-0.1, -0.05) is 0 Å². The molecule has 1 aliphatic carbocycles. The Hall–Kier alpha value is -1.40. The number of aromatic nitrogens is 2. The number of anilines is 1. The highest BCUT2D eigenvalue weighted by atomic mass is 16.5. The molecule has 1 aromatic rings. The summed E-state index contributed by atoms with van der Waals surface area (Å²) >= 11 is 0. The summed E-state index contributed by atoms with van der Waals surface area (Å²) < 4.78 is 7.52. The first-order chi connectivity index (χ1) is 9.19. The van der Waals surface area contributed by atoms with Crippen LogP contribution in [0.4, 0.5) is 5.82 Å². The number of hydrogen-bond donors (Lipinski definition) is 1. The molecule has 0 aromatic carbocycles. The molecule has 1 saturated carbocycles. The third-order valence-corrected chi connectivity index (χ3v) is 3.68. The molecule has 3 rings (SSSR count). The van der Waals surface area contributed by atoms with Crippen LogP contribution in [0, 0.1) is 0 Å². The van der Waals surface area contributed by atoms with Gasteiger partial charge in [-0.15, -0.1) is 0 Å². The van der Waals surface area contributed by atoms with E-state index in [-0.39, 0.29) is 17.8 Å². The van der Waals surface area contributed by atoms with Gasteiger partial charge in [0.1, 0.15) is 0 Å². The Morgan fingerprint density at radius 1 is 1.47 bits per heavy atom. The average Bonchev–Trinajstić information content (AvgIpc) is 3.22. The Morgan fingerprint density at radius 2 is 2.26 bits per heavy atom. The minimum Gasteiger partial charge on any atom is -0.370 e. The number of hydrogen-bond acceptors (Lipinski definition) is 5. The highest BCUT2D eigenvalue weighted by molar-refractivity contribution is 5.37. The molecular weight excluding hydrogens is 244 g/mol. The minimum absolute atomic E-state index is 0.00914. The van der Waals surface area contributed by atoms with Crippen LogP contribution >= 0.6 is 0 Å². The van der Waals surface area contributed by atoms with Crippen molar-refractivity contribution in [2.45, 2.75) is 38.0 Å². The third kappa shape index (κ3) is 2.50. The van der Waals surface area contributed by atoms with Crippen molar-refractivity contribution in [2.75, 3.05) is 24.5 Å². The molecule has 0 radical (unpaired) electrons. The van der Waals surface area contributed by atoms with Gasteiger partial charge in [-0.3, -0.25) is 4.79 Å². The van der Waals surface area contributed by atoms with Gasteiger partial charge in [-0.05, 0) is 19.8 Å². The van der Waals surface area contributed by atoms with Gasteiger partial charge in [0.2, 0.25) is 0 Å². The average molecular weight is 264 g/mol. The predicted octanol–water partition coefficient (Wildman–Crippen LogP) is 0.131. The van der Waals surface area contributed by atoms with Gasteiger partial charge in [0.15, 0.2) is 5.82 Å². The number of nitrogens with two attached hydrogens (primary N) is 1. The maximum atomic E-state index is 12.4. The molecule has 0 amide bonds. The number of rotatable bonds is 3. The van der Waals surface area contributed by atoms with E-state index in [0.29, 0.717) is 31.5 Å². The normalized spacial score (nSPS) is 27.6. The molecule has 104 valence electrons. The van der Waals surface area contributed by atoms with Crippen molar-refractivity contribution in [3.63, 3.8) is 0 Å². The Balaban J connectivity index is 1.88. The molecule has 2 N–H and O–H groups in total. The van der Waals surface area contributed by atoms with Gasteiger partial charge in [0.25, 0.3) is 5.56 Å². The molecule has 6 nitrogen and oxygen atoms in total. The van der Waals surface area contributed by atoms with E-state index < -0.39 is 0 Å². The van der Waals surface area contributed by atoms with Crippen LogP contribution in [0.2, 0.25) is 0 Å². The zero-order chi connectivity index (χ0) is 13.4. The monoisotopic (exact) mass is 264 g/mol. The van der Waals surface area contributed by atoms with Crippen molar-refractivity contribution in [3.05, 3.63) is 22.7 Å². The fourth-order valence-corrected chi connectivity index (χ4v) is 2.62. The van der Waals surface area contributed by atoms with Crippen LogP contribution in [0.1, 0.15) is 25.8 Å². The Bertz CT molecular complexity index is 512. The molecule has 0 bridgehead atoms. The van der Waals surface area contributed by atoms with Crippen LogP contribution in [0.5, 0.6) is 0 Å². The van der Waals surface area contributed by atoms with Gasteiger partial charge in [0.05, 0.1) is 12.2 Å². The van der Waals surface area contributed by atoms with E-state index in [1.807, 2.05) is 11.8 Å². The van der Waals surface area contributed by atoms with E-state index in [1.54, 1.807) is 17.0 Å². The van der Waals surface area contributed by atoms with Crippen LogP contribution < -0.4 is 16.2 Å². The molecular formula is C13H20N4O2. The van der Waals surface area contributed by atoms with Crippen LogP contribution in [0.15, 0.2) is 17.2 Å². The molecule has 6 heteroatoms. The van der Waals surface area contributed by atoms with Crippen LogP contribution in [-0.4, -0.2) is 41.4 Å². The molecule has 1 saturated heterocycles. The summed E-state index contributed by atoms with van der Waals surface area (Å²) in [6, 6.07) is 0.373. The molecule has 2 atom stereocenters. The molecule has 2 aliphatic rings. The second-order valence-electron chi connectivity index (χ2n) is 5.40. The quantitative estimate of drug-likeness (QED) is 0.840. The largest absolute Gasteiger partial charge is 0.370 e. The Morgan fingerprint density at radius 3 is 2.95 bits per heavy atom.